The van der Waals surface area contributed by atoms with Crippen LogP contribution in [0.15, 0.2) is 48.8 Å². The van der Waals surface area contributed by atoms with Crippen molar-refractivity contribution in [3.8, 4) is 0 Å². The third-order valence-corrected chi connectivity index (χ3v) is 7.33. The number of benzene rings is 2. The van der Waals surface area contributed by atoms with Gasteiger partial charge in [-0.3, -0.25) is 0 Å². The predicted octanol–water partition coefficient (Wildman–Crippen LogP) is 3.98. The second kappa shape index (κ2) is 9.58. The van der Waals surface area contributed by atoms with Crippen molar-refractivity contribution < 1.29 is 0 Å². The van der Waals surface area contributed by atoms with Crippen LogP contribution in [0.25, 0.3) is 0 Å². The van der Waals surface area contributed by atoms with E-state index in [1.807, 2.05) is 18.2 Å². The van der Waals surface area contributed by atoms with E-state index in [9.17, 15) is 0 Å². The number of hydrogen-bond donors (Lipinski definition) is 1. The molecule has 2 N–H and O–H groups in total. The summed E-state index contributed by atoms with van der Waals surface area (Å²) in [5.74, 6) is 1.69. The molecule has 2 saturated heterocycles. The molecule has 0 amide bonds. The second-order valence-corrected chi connectivity index (χ2v) is 9.52. The lowest BCUT2D eigenvalue weighted by molar-refractivity contribution is 0.639. The third-order valence-electron chi connectivity index (χ3n) is 7.09. The molecule has 0 saturated carbocycles. The van der Waals surface area contributed by atoms with Crippen molar-refractivity contribution in [1.82, 2.24) is 9.97 Å². The number of rotatable bonds is 4. The van der Waals surface area contributed by atoms with Crippen LogP contribution in [0, 0.1) is 13.8 Å². The van der Waals surface area contributed by atoms with E-state index in [4.69, 9.17) is 17.3 Å². The number of nitrogen functional groups attached to an aromatic ring is 1. The fourth-order valence-corrected chi connectivity index (χ4v) is 5.15. The molecule has 0 bridgehead atoms. The van der Waals surface area contributed by atoms with Gasteiger partial charge in [0.1, 0.15) is 12.0 Å². The number of aromatic nitrogens is 2. The molecule has 0 aliphatic carbocycles. The van der Waals surface area contributed by atoms with E-state index in [2.05, 4.69) is 67.7 Å². The maximum Gasteiger partial charge on any atom is 0.157 e. The van der Waals surface area contributed by atoms with Gasteiger partial charge in [-0.1, -0.05) is 29.8 Å². The van der Waals surface area contributed by atoms with Crippen LogP contribution in [0.2, 0.25) is 5.02 Å². The van der Waals surface area contributed by atoms with Crippen LogP contribution in [0.4, 0.5) is 28.7 Å². The van der Waals surface area contributed by atoms with Gasteiger partial charge in [0.15, 0.2) is 11.6 Å². The van der Waals surface area contributed by atoms with E-state index in [0.717, 1.165) is 74.7 Å². The van der Waals surface area contributed by atoms with Gasteiger partial charge >= 0.3 is 0 Å². The quantitative estimate of drug-likeness (QED) is 0.609. The molecule has 178 valence electrons. The maximum atomic E-state index is 6.65. The molecule has 0 spiro atoms. The Balaban J connectivity index is 1.25. The summed E-state index contributed by atoms with van der Waals surface area (Å²) in [6, 6.07) is 14.6. The Labute approximate surface area is 206 Å². The SMILES string of the molecule is Cc1cccc(N2CCN(c3ncnc(N4CCN(c5cccc(Cl)c5)CC4)c3N)CC2)c1C. The first-order valence-electron chi connectivity index (χ1n) is 11.9. The molecule has 34 heavy (non-hydrogen) atoms. The monoisotopic (exact) mass is 477 g/mol. The van der Waals surface area contributed by atoms with E-state index in [-0.39, 0.29) is 0 Å². The third kappa shape index (κ3) is 4.44. The summed E-state index contributed by atoms with van der Waals surface area (Å²) < 4.78 is 0. The zero-order valence-corrected chi connectivity index (χ0v) is 20.7. The Morgan fingerprint density at radius 1 is 0.735 bits per heavy atom. The van der Waals surface area contributed by atoms with E-state index in [1.54, 1.807) is 6.33 Å². The van der Waals surface area contributed by atoms with Crippen molar-refractivity contribution >= 4 is 40.3 Å². The molecule has 0 unspecified atom stereocenters. The number of nitrogens with zero attached hydrogens (tertiary/aromatic N) is 6. The minimum Gasteiger partial charge on any atom is -0.393 e. The Morgan fingerprint density at radius 2 is 1.29 bits per heavy atom. The van der Waals surface area contributed by atoms with E-state index >= 15 is 0 Å². The summed E-state index contributed by atoms with van der Waals surface area (Å²) in [7, 11) is 0. The molecular weight excluding hydrogens is 446 g/mol. The highest BCUT2D eigenvalue weighted by Crippen LogP contribution is 2.32. The van der Waals surface area contributed by atoms with Crippen LogP contribution in [-0.4, -0.2) is 62.3 Å². The molecule has 0 radical (unpaired) electrons. The Kier molecular flexibility index (Phi) is 6.37. The number of aryl methyl sites for hydroxylation is 1. The van der Waals surface area contributed by atoms with Gasteiger partial charge in [0.05, 0.1) is 0 Å². The topological polar surface area (TPSA) is 64.8 Å². The zero-order chi connectivity index (χ0) is 23.7. The maximum absolute atomic E-state index is 6.65. The van der Waals surface area contributed by atoms with Crippen molar-refractivity contribution in [2.75, 3.05) is 77.7 Å². The first-order chi connectivity index (χ1) is 16.5. The molecule has 0 atom stereocenters. The van der Waals surface area contributed by atoms with Crippen LogP contribution >= 0.6 is 11.6 Å². The van der Waals surface area contributed by atoms with Crippen molar-refractivity contribution in [3.63, 3.8) is 0 Å². The highest BCUT2D eigenvalue weighted by molar-refractivity contribution is 6.30. The number of piperazine rings is 2. The number of halogens is 1. The first kappa shape index (κ1) is 22.6. The van der Waals surface area contributed by atoms with Gasteiger partial charge in [-0.05, 0) is 49.2 Å². The van der Waals surface area contributed by atoms with Gasteiger partial charge in [0.25, 0.3) is 0 Å². The van der Waals surface area contributed by atoms with Crippen molar-refractivity contribution in [2.24, 2.45) is 0 Å². The fraction of sp³-hybridized carbons (Fsp3) is 0.385. The highest BCUT2D eigenvalue weighted by atomic mass is 35.5. The lowest BCUT2D eigenvalue weighted by atomic mass is 10.1. The second-order valence-electron chi connectivity index (χ2n) is 9.08. The molecule has 3 aromatic rings. The van der Waals surface area contributed by atoms with Crippen LogP contribution in [0.3, 0.4) is 0 Å². The minimum absolute atomic E-state index is 0.680. The number of nitrogens with two attached hydrogens (primary N) is 1. The molecule has 2 fully saturated rings. The van der Waals surface area contributed by atoms with E-state index in [1.165, 1.54) is 16.8 Å². The molecule has 2 aromatic carbocycles. The molecular formula is C26H32ClN7. The van der Waals surface area contributed by atoms with Gasteiger partial charge < -0.3 is 25.3 Å². The lowest BCUT2D eigenvalue weighted by Crippen LogP contribution is -2.48. The molecule has 8 heteroatoms. The van der Waals surface area contributed by atoms with E-state index < -0.39 is 0 Å². The molecule has 2 aliphatic heterocycles. The normalized spacial score (nSPS) is 16.8. The first-order valence-corrected chi connectivity index (χ1v) is 12.3. The summed E-state index contributed by atoms with van der Waals surface area (Å²) in [6.07, 6.45) is 1.65. The molecule has 5 rings (SSSR count). The van der Waals surface area contributed by atoms with Crippen LogP contribution < -0.4 is 25.3 Å². The fourth-order valence-electron chi connectivity index (χ4n) is 4.97. The standard InChI is InChI=1S/C26H32ClN7/c1-19-5-3-8-23(20(19)2)32-11-15-34(16-12-32)26-24(28)25(29-18-30-26)33-13-9-31(10-14-33)22-7-4-6-21(27)17-22/h3-8,17-18H,9-16,28H2,1-2H3. The summed E-state index contributed by atoms with van der Waals surface area (Å²) in [5.41, 5.74) is 12.5. The summed E-state index contributed by atoms with van der Waals surface area (Å²) in [4.78, 5) is 18.5. The largest absolute Gasteiger partial charge is 0.393 e. The summed E-state index contributed by atoms with van der Waals surface area (Å²) in [5, 5.41) is 0.766. The van der Waals surface area contributed by atoms with Crippen LogP contribution in [-0.2, 0) is 0 Å². The predicted molar refractivity (Wildman–Crippen MR) is 143 cm³/mol. The number of hydrogen-bond acceptors (Lipinski definition) is 7. The average Bonchev–Trinajstić information content (AvgIpc) is 2.86. The highest BCUT2D eigenvalue weighted by Gasteiger charge is 2.25. The number of anilines is 5. The van der Waals surface area contributed by atoms with Gasteiger partial charge in [0.2, 0.25) is 0 Å². The van der Waals surface area contributed by atoms with Crippen molar-refractivity contribution in [3.05, 3.63) is 64.9 Å². The van der Waals surface area contributed by atoms with Gasteiger partial charge in [0, 0.05) is 68.8 Å². The van der Waals surface area contributed by atoms with Gasteiger partial charge in [-0.15, -0.1) is 0 Å². The molecule has 3 heterocycles. The zero-order valence-electron chi connectivity index (χ0n) is 19.9. The van der Waals surface area contributed by atoms with Crippen LogP contribution in [0.1, 0.15) is 11.1 Å². The Bertz CT molecular complexity index is 1150. The van der Waals surface area contributed by atoms with Gasteiger partial charge in [-0.2, -0.15) is 0 Å². The van der Waals surface area contributed by atoms with Crippen molar-refractivity contribution in [1.29, 1.82) is 0 Å². The summed E-state index contributed by atoms with van der Waals surface area (Å²) >= 11 is 6.18. The molecule has 2 aliphatic rings. The molecule has 1 aromatic heterocycles. The minimum atomic E-state index is 0.680. The summed E-state index contributed by atoms with van der Waals surface area (Å²) in [6.45, 7) is 11.5. The Morgan fingerprint density at radius 3 is 1.91 bits per heavy atom. The van der Waals surface area contributed by atoms with E-state index in [0.29, 0.717) is 5.69 Å². The average molecular weight is 478 g/mol. The van der Waals surface area contributed by atoms with Crippen molar-refractivity contribution in [2.45, 2.75) is 13.8 Å². The smallest absolute Gasteiger partial charge is 0.157 e. The van der Waals surface area contributed by atoms with Crippen LogP contribution in [0.5, 0.6) is 0 Å². The molecule has 7 nitrogen and oxygen atoms in total. The Hall–Kier alpha value is -3.19. The lowest BCUT2D eigenvalue weighted by Gasteiger charge is -2.39. The van der Waals surface area contributed by atoms with Gasteiger partial charge in [-0.25, -0.2) is 9.97 Å².